The lowest BCUT2D eigenvalue weighted by atomic mass is 9.41. The number of hydrogen-bond acceptors (Lipinski definition) is 0. The number of hydrogen-bond donors (Lipinski definition) is 0. The van der Waals surface area contributed by atoms with Crippen LogP contribution in [0, 0.1) is 23.7 Å². The molecule has 0 N–H and O–H groups in total. The van der Waals surface area contributed by atoms with E-state index >= 15 is 0 Å². The fraction of sp³-hybridized carbons (Fsp3) is 0.357. The highest BCUT2D eigenvalue weighted by molar-refractivity contribution is 6.08. The summed E-state index contributed by atoms with van der Waals surface area (Å²) in [6.45, 7) is 0. The molecule has 0 heteroatoms. The maximum atomic E-state index is 2.55. The molecular formula is C56H52. The van der Waals surface area contributed by atoms with Crippen LogP contribution in [0.1, 0.15) is 99.3 Å². The smallest absolute Gasteiger partial charge is 0.00271 e. The minimum Gasteiger partial charge on any atom is -0.0616 e. The van der Waals surface area contributed by atoms with Crippen molar-refractivity contribution in [3.63, 3.8) is 0 Å². The third kappa shape index (κ3) is 4.65. The summed E-state index contributed by atoms with van der Waals surface area (Å²) in [6, 6.07) is 57.5. The van der Waals surface area contributed by atoms with Crippen LogP contribution in [-0.2, 0) is 21.7 Å². The standard InChI is InChI=1S/C56H52/c1-2-8-45-26-48(22-16-41(45)6-1)55-31-37-24-38(32-55)28-53(27-37,35-55)46-18-12-42(13-19-46)43-14-20-47(21-15-43)54-29-39-25-40(30-54)34-56(33-39,36-54)52-11-5-10-50-49-9-4-3-7-44(49)17-23-51(50)52/h1-23,26,37-40H,24-25,27-36H2/t37-,38+,39-,40+,53?,54?,55?,56?. The maximum Gasteiger partial charge on any atom is -0.00271 e. The molecule has 8 saturated carbocycles. The molecule has 0 aromatic heterocycles. The summed E-state index contributed by atoms with van der Waals surface area (Å²) >= 11 is 0. The van der Waals surface area contributed by atoms with Crippen LogP contribution >= 0.6 is 0 Å². The van der Waals surface area contributed by atoms with Gasteiger partial charge in [0.15, 0.2) is 0 Å². The van der Waals surface area contributed by atoms with Gasteiger partial charge >= 0.3 is 0 Å². The van der Waals surface area contributed by atoms with Crippen LogP contribution < -0.4 is 0 Å². The normalized spacial score (nSPS) is 33.9. The van der Waals surface area contributed by atoms with E-state index in [4.69, 9.17) is 0 Å². The fourth-order valence-electron chi connectivity index (χ4n) is 15.9. The van der Waals surface area contributed by atoms with Gasteiger partial charge in [-0.25, -0.2) is 0 Å². The lowest BCUT2D eigenvalue weighted by molar-refractivity contribution is -0.0281. The second-order valence-electron chi connectivity index (χ2n) is 20.4. The van der Waals surface area contributed by atoms with E-state index in [1.54, 1.807) is 22.3 Å². The molecule has 15 rings (SSSR count). The highest BCUT2D eigenvalue weighted by Crippen LogP contribution is 2.68. The molecule has 0 spiro atoms. The van der Waals surface area contributed by atoms with Crippen LogP contribution in [0.15, 0.2) is 146 Å². The van der Waals surface area contributed by atoms with Crippen LogP contribution in [-0.4, -0.2) is 0 Å². The molecule has 4 unspecified atom stereocenters. The van der Waals surface area contributed by atoms with Gasteiger partial charge in [0.1, 0.15) is 0 Å². The lowest BCUT2D eigenvalue weighted by Crippen LogP contribution is -2.56. The van der Waals surface area contributed by atoms with E-state index in [1.807, 2.05) is 0 Å². The van der Waals surface area contributed by atoms with Crippen LogP contribution in [0.3, 0.4) is 0 Å². The SMILES string of the molecule is c1ccc2cc(C34C[C@@H]5C[C@@H](CC(c6ccc(-c7ccc(C89C[C@H]%10C[C@@H](C8)CC(c8cccc%11c8ccc8ccccc8%11)(C%10)C9)cc7)cc6)(C5)C3)C4)ccc2c1. The third-order valence-electron chi connectivity index (χ3n) is 17.2. The molecular weight excluding hydrogens is 673 g/mol. The summed E-state index contributed by atoms with van der Waals surface area (Å²) in [5.41, 5.74) is 10.4. The van der Waals surface area contributed by atoms with E-state index in [9.17, 15) is 0 Å². The third-order valence-corrected chi connectivity index (χ3v) is 17.2. The quantitative estimate of drug-likeness (QED) is 0.155. The van der Waals surface area contributed by atoms with E-state index in [0.29, 0.717) is 16.2 Å². The van der Waals surface area contributed by atoms with Gasteiger partial charge in [0.05, 0.1) is 0 Å². The predicted molar refractivity (Wildman–Crippen MR) is 233 cm³/mol. The summed E-state index contributed by atoms with van der Waals surface area (Å²) in [4.78, 5) is 0. The largest absolute Gasteiger partial charge is 0.0616 e. The van der Waals surface area contributed by atoms with Gasteiger partial charge in [0.2, 0.25) is 0 Å². The topological polar surface area (TPSA) is 0 Å². The first-order valence-corrected chi connectivity index (χ1v) is 22.1. The Morgan fingerprint density at radius 3 is 1.41 bits per heavy atom. The van der Waals surface area contributed by atoms with Crippen LogP contribution in [0.25, 0.3) is 43.4 Å². The Bertz CT molecular complexity index is 2670. The molecule has 7 aromatic carbocycles. The Labute approximate surface area is 332 Å². The molecule has 0 heterocycles. The average Bonchev–Trinajstić information content (AvgIpc) is 3.22. The summed E-state index contributed by atoms with van der Waals surface area (Å²) < 4.78 is 0. The van der Waals surface area contributed by atoms with Gasteiger partial charge < -0.3 is 0 Å². The Morgan fingerprint density at radius 1 is 0.321 bits per heavy atom. The minimum atomic E-state index is 0.282. The lowest BCUT2D eigenvalue weighted by Gasteiger charge is -2.63. The fourth-order valence-corrected chi connectivity index (χ4v) is 15.9. The summed E-state index contributed by atoms with van der Waals surface area (Å²) in [5, 5.41) is 8.47. The number of rotatable bonds is 5. The first-order valence-electron chi connectivity index (χ1n) is 22.1. The van der Waals surface area contributed by atoms with Crippen molar-refractivity contribution in [1.29, 1.82) is 0 Å². The highest BCUT2D eigenvalue weighted by atomic mass is 14.6. The van der Waals surface area contributed by atoms with E-state index in [0.717, 1.165) is 23.7 Å². The zero-order valence-corrected chi connectivity index (χ0v) is 32.7. The first kappa shape index (κ1) is 32.4. The molecule has 7 aromatic rings. The first-order chi connectivity index (χ1) is 27.5. The van der Waals surface area contributed by atoms with Gasteiger partial charge in [-0.1, -0.05) is 146 Å². The van der Waals surface area contributed by atoms with E-state index in [1.165, 1.54) is 120 Å². The number of benzene rings is 7. The van der Waals surface area contributed by atoms with Crippen molar-refractivity contribution in [2.75, 3.05) is 0 Å². The van der Waals surface area contributed by atoms with Crippen molar-refractivity contribution in [2.24, 2.45) is 23.7 Å². The monoisotopic (exact) mass is 724 g/mol. The molecule has 0 aliphatic heterocycles. The zero-order valence-electron chi connectivity index (χ0n) is 32.7. The van der Waals surface area contributed by atoms with Crippen molar-refractivity contribution in [3.05, 3.63) is 168 Å². The zero-order chi connectivity index (χ0) is 36.7. The van der Waals surface area contributed by atoms with Gasteiger partial charge in [0.25, 0.3) is 0 Å². The van der Waals surface area contributed by atoms with E-state index in [-0.39, 0.29) is 5.41 Å². The Morgan fingerprint density at radius 2 is 0.786 bits per heavy atom. The number of fused-ring (bicyclic) bond motifs is 4. The van der Waals surface area contributed by atoms with Gasteiger partial charge in [0, 0.05) is 0 Å². The Balaban J connectivity index is 0.801. The van der Waals surface area contributed by atoms with E-state index < -0.39 is 0 Å². The van der Waals surface area contributed by atoms with Crippen LogP contribution in [0.4, 0.5) is 0 Å². The molecule has 8 aliphatic rings. The predicted octanol–water partition coefficient (Wildman–Crippen LogP) is 14.4. The van der Waals surface area contributed by atoms with Gasteiger partial charge in [-0.05, 0) is 188 Å². The molecule has 276 valence electrons. The van der Waals surface area contributed by atoms with Crippen molar-refractivity contribution in [3.8, 4) is 11.1 Å². The molecule has 0 saturated heterocycles. The van der Waals surface area contributed by atoms with Gasteiger partial charge in [-0.3, -0.25) is 0 Å². The second kappa shape index (κ2) is 11.5. The molecule has 8 aliphatic carbocycles. The minimum absolute atomic E-state index is 0.282. The summed E-state index contributed by atoms with van der Waals surface area (Å²) in [7, 11) is 0. The highest BCUT2D eigenvalue weighted by Gasteiger charge is 2.60. The Hall–Kier alpha value is -4.68. The Kier molecular flexibility index (Phi) is 6.64. The molecule has 0 radical (unpaired) electrons. The second-order valence-corrected chi connectivity index (χ2v) is 20.4. The molecule has 56 heavy (non-hydrogen) atoms. The van der Waals surface area contributed by atoms with E-state index in [2.05, 4.69) is 146 Å². The molecule has 8 atom stereocenters. The molecule has 0 amide bonds. The van der Waals surface area contributed by atoms with Crippen molar-refractivity contribution < 1.29 is 0 Å². The van der Waals surface area contributed by atoms with Gasteiger partial charge in [-0.15, -0.1) is 0 Å². The summed E-state index contributed by atoms with van der Waals surface area (Å²) in [5.74, 6) is 3.39. The maximum absolute atomic E-state index is 2.55. The van der Waals surface area contributed by atoms with Gasteiger partial charge in [-0.2, -0.15) is 0 Å². The van der Waals surface area contributed by atoms with Crippen molar-refractivity contribution >= 4 is 32.3 Å². The summed E-state index contributed by atoms with van der Waals surface area (Å²) in [6.07, 6.45) is 16.5. The average molecular weight is 725 g/mol. The van der Waals surface area contributed by atoms with Crippen LogP contribution in [0.2, 0.25) is 0 Å². The molecule has 8 bridgehead atoms. The van der Waals surface area contributed by atoms with Crippen molar-refractivity contribution in [1.82, 2.24) is 0 Å². The molecule has 0 nitrogen and oxygen atoms in total. The molecule has 8 fully saturated rings. The van der Waals surface area contributed by atoms with Crippen molar-refractivity contribution in [2.45, 2.75) is 98.7 Å². The van der Waals surface area contributed by atoms with Crippen LogP contribution in [0.5, 0.6) is 0 Å².